The number of amides is 2. The molecule has 0 bridgehead atoms. The van der Waals surface area contributed by atoms with E-state index in [9.17, 15) is 9.59 Å². The minimum Gasteiger partial charge on any atom is -0.494 e. The highest BCUT2D eigenvalue weighted by Gasteiger charge is 2.52. The smallest absolute Gasteiger partial charge is 0.235 e. The Morgan fingerprint density at radius 3 is 2.57 bits per heavy atom. The minimum absolute atomic E-state index is 0.00285. The standard InChI is InChI=1S/C19H25NO3/c1-14-6-7-16(12-15(14)2)23-11-5-10-20-17(21)13-19(18(20)22)8-3-4-9-19/h6-7,12H,3-5,8-11,13H2,1-2H3. The molecule has 0 radical (unpaired) electrons. The van der Waals surface area contributed by atoms with Gasteiger partial charge >= 0.3 is 0 Å². The number of nitrogens with zero attached hydrogens (tertiary/aromatic N) is 1. The zero-order chi connectivity index (χ0) is 16.4. The molecule has 1 aromatic carbocycles. The third-order valence-electron chi connectivity index (χ3n) is 5.32. The molecule has 124 valence electrons. The van der Waals surface area contributed by atoms with Crippen molar-refractivity contribution >= 4 is 11.8 Å². The van der Waals surface area contributed by atoms with Crippen molar-refractivity contribution in [2.24, 2.45) is 5.41 Å². The average molecular weight is 315 g/mol. The van der Waals surface area contributed by atoms with Gasteiger partial charge in [-0.2, -0.15) is 0 Å². The lowest BCUT2D eigenvalue weighted by Gasteiger charge is -2.20. The fourth-order valence-corrected chi connectivity index (χ4v) is 3.75. The molecule has 1 aliphatic heterocycles. The van der Waals surface area contributed by atoms with Gasteiger partial charge in [0.1, 0.15) is 5.75 Å². The van der Waals surface area contributed by atoms with Gasteiger partial charge in [-0.15, -0.1) is 0 Å². The van der Waals surface area contributed by atoms with Gasteiger partial charge in [0.2, 0.25) is 11.8 Å². The van der Waals surface area contributed by atoms with Gasteiger partial charge in [0.05, 0.1) is 12.0 Å². The summed E-state index contributed by atoms with van der Waals surface area (Å²) < 4.78 is 5.74. The quantitative estimate of drug-likeness (QED) is 0.618. The molecule has 1 saturated heterocycles. The Morgan fingerprint density at radius 2 is 1.87 bits per heavy atom. The summed E-state index contributed by atoms with van der Waals surface area (Å²) in [5, 5.41) is 0. The molecular weight excluding hydrogens is 290 g/mol. The van der Waals surface area contributed by atoms with Gasteiger partial charge in [0.15, 0.2) is 0 Å². The Kier molecular flexibility index (Phi) is 4.42. The summed E-state index contributed by atoms with van der Waals surface area (Å²) >= 11 is 0. The molecule has 0 N–H and O–H groups in total. The van der Waals surface area contributed by atoms with Gasteiger partial charge in [-0.3, -0.25) is 14.5 Å². The molecular formula is C19H25NO3. The fraction of sp³-hybridized carbons (Fsp3) is 0.579. The summed E-state index contributed by atoms with van der Waals surface area (Å²) in [7, 11) is 0. The Hall–Kier alpha value is -1.84. The molecule has 23 heavy (non-hydrogen) atoms. The monoisotopic (exact) mass is 315 g/mol. The van der Waals surface area contributed by atoms with Gasteiger partial charge in [0.25, 0.3) is 0 Å². The van der Waals surface area contributed by atoms with Crippen molar-refractivity contribution in [2.75, 3.05) is 13.2 Å². The number of imide groups is 1. The van der Waals surface area contributed by atoms with E-state index in [4.69, 9.17) is 4.74 Å². The van der Waals surface area contributed by atoms with E-state index in [0.29, 0.717) is 26.0 Å². The maximum atomic E-state index is 12.6. The van der Waals surface area contributed by atoms with Crippen LogP contribution in [0.3, 0.4) is 0 Å². The van der Waals surface area contributed by atoms with E-state index < -0.39 is 0 Å². The van der Waals surface area contributed by atoms with E-state index in [-0.39, 0.29) is 17.2 Å². The second-order valence-corrected chi connectivity index (χ2v) is 6.96. The molecule has 4 nitrogen and oxygen atoms in total. The van der Waals surface area contributed by atoms with Crippen molar-refractivity contribution in [2.45, 2.75) is 52.4 Å². The number of hydrogen-bond acceptors (Lipinski definition) is 3. The van der Waals surface area contributed by atoms with E-state index in [1.54, 1.807) is 0 Å². The summed E-state index contributed by atoms with van der Waals surface area (Å²) in [5.74, 6) is 0.911. The second kappa shape index (κ2) is 6.34. The van der Waals surface area contributed by atoms with E-state index >= 15 is 0 Å². The predicted molar refractivity (Wildman–Crippen MR) is 88.3 cm³/mol. The average Bonchev–Trinajstić information content (AvgIpc) is 3.07. The van der Waals surface area contributed by atoms with Crippen molar-refractivity contribution in [3.8, 4) is 5.75 Å². The third kappa shape index (κ3) is 3.12. The lowest BCUT2D eigenvalue weighted by Crippen LogP contribution is -2.35. The van der Waals surface area contributed by atoms with Gasteiger partial charge in [-0.1, -0.05) is 18.9 Å². The number of ether oxygens (including phenoxy) is 1. The van der Waals surface area contributed by atoms with Crippen LogP contribution in [0.2, 0.25) is 0 Å². The van der Waals surface area contributed by atoms with Gasteiger partial charge < -0.3 is 4.74 Å². The zero-order valence-electron chi connectivity index (χ0n) is 14.1. The van der Waals surface area contributed by atoms with Crippen LogP contribution in [-0.4, -0.2) is 29.9 Å². The van der Waals surface area contributed by atoms with Crippen LogP contribution in [-0.2, 0) is 9.59 Å². The Balaban J connectivity index is 1.50. The van der Waals surface area contributed by atoms with Crippen LogP contribution >= 0.6 is 0 Å². The maximum Gasteiger partial charge on any atom is 0.235 e. The lowest BCUT2D eigenvalue weighted by molar-refractivity contribution is -0.141. The van der Waals surface area contributed by atoms with Crippen molar-refractivity contribution in [1.82, 2.24) is 4.90 Å². The SMILES string of the molecule is Cc1ccc(OCCCN2C(=O)CC3(CCCC3)C2=O)cc1C. The molecule has 2 amide bonds. The number of rotatable bonds is 5. The molecule has 1 spiro atoms. The zero-order valence-corrected chi connectivity index (χ0v) is 14.1. The molecule has 1 aromatic rings. The minimum atomic E-state index is -0.355. The normalized spacial score (nSPS) is 19.8. The number of likely N-dealkylation sites (tertiary alicyclic amines) is 1. The Morgan fingerprint density at radius 1 is 1.13 bits per heavy atom. The molecule has 3 rings (SSSR count). The topological polar surface area (TPSA) is 46.6 Å². The van der Waals surface area contributed by atoms with Crippen LogP contribution in [0.1, 0.15) is 49.7 Å². The number of carbonyl (C=O) groups is 2. The Labute approximate surface area is 137 Å². The van der Waals surface area contributed by atoms with E-state index in [1.165, 1.54) is 16.0 Å². The molecule has 1 saturated carbocycles. The second-order valence-electron chi connectivity index (χ2n) is 6.96. The molecule has 2 fully saturated rings. The highest BCUT2D eigenvalue weighted by molar-refractivity contribution is 6.06. The number of hydrogen-bond donors (Lipinski definition) is 0. The van der Waals surface area contributed by atoms with Gasteiger partial charge in [-0.05, 0) is 56.4 Å². The Bertz CT molecular complexity index is 617. The molecule has 2 aliphatic rings. The first-order valence-electron chi connectivity index (χ1n) is 8.57. The molecule has 1 aliphatic carbocycles. The van der Waals surface area contributed by atoms with Gasteiger partial charge in [-0.25, -0.2) is 0 Å². The summed E-state index contributed by atoms with van der Waals surface area (Å²) in [5.41, 5.74) is 2.09. The number of benzene rings is 1. The van der Waals surface area contributed by atoms with Crippen LogP contribution in [0.5, 0.6) is 5.75 Å². The number of carbonyl (C=O) groups excluding carboxylic acids is 2. The van der Waals surface area contributed by atoms with Crippen LogP contribution < -0.4 is 4.74 Å². The van der Waals surface area contributed by atoms with Crippen LogP contribution in [0.25, 0.3) is 0 Å². The first kappa shape index (κ1) is 16.0. The van der Waals surface area contributed by atoms with E-state index in [2.05, 4.69) is 13.8 Å². The van der Waals surface area contributed by atoms with Crippen molar-refractivity contribution in [1.29, 1.82) is 0 Å². The molecule has 1 heterocycles. The first-order valence-corrected chi connectivity index (χ1v) is 8.57. The van der Waals surface area contributed by atoms with Crippen LogP contribution in [0, 0.1) is 19.3 Å². The molecule has 0 atom stereocenters. The molecule has 0 unspecified atom stereocenters. The first-order chi connectivity index (χ1) is 11.0. The van der Waals surface area contributed by atoms with Crippen LogP contribution in [0.4, 0.5) is 0 Å². The summed E-state index contributed by atoms with van der Waals surface area (Å²) in [4.78, 5) is 26.2. The van der Waals surface area contributed by atoms with Crippen LogP contribution in [0.15, 0.2) is 18.2 Å². The molecule has 0 aromatic heterocycles. The van der Waals surface area contributed by atoms with Crippen molar-refractivity contribution in [3.63, 3.8) is 0 Å². The van der Waals surface area contributed by atoms with E-state index in [0.717, 1.165) is 31.4 Å². The lowest BCUT2D eigenvalue weighted by atomic mass is 9.84. The maximum absolute atomic E-state index is 12.6. The highest BCUT2D eigenvalue weighted by atomic mass is 16.5. The van der Waals surface area contributed by atoms with Gasteiger partial charge in [0, 0.05) is 13.0 Å². The van der Waals surface area contributed by atoms with E-state index in [1.807, 2.05) is 18.2 Å². The van der Waals surface area contributed by atoms with Crippen molar-refractivity contribution in [3.05, 3.63) is 29.3 Å². The summed E-state index contributed by atoms with van der Waals surface area (Å²) in [6.07, 6.45) is 5.01. The third-order valence-corrected chi connectivity index (χ3v) is 5.32. The molecule has 4 heteroatoms. The largest absolute Gasteiger partial charge is 0.494 e. The highest BCUT2D eigenvalue weighted by Crippen LogP contribution is 2.46. The van der Waals surface area contributed by atoms with Crippen molar-refractivity contribution < 1.29 is 14.3 Å². The summed E-state index contributed by atoms with van der Waals surface area (Å²) in [6, 6.07) is 6.03. The fourth-order valence-electron chi connectivity index (χ4n) is 3.75. The predicted octanol–water partition coefficient (Wildman–Crippen LogP) is 3.39. The summed E-state index contributed by atoms with van der Waals surface area (Å²) in [6.45, 7) is 5.13. The number of aryl methyl sites for hydroxylation is 2.